The van der Waals surface area contributed by atoms with Crippen molar-refractivity contribution in [1.82, 2.24) is 20.4 Å². The van der Waals surface area contributed by atoms with Crippen LogP contribution in [0, 0.1) is 0 Å². The van der Waals surface area contributed by atoms with Crippen molar-refractivity contribution in [3.8, 4) is 0 Å². The second-order valence-electron chi connectivity index (χ2n) is 5.50. The first-order valence-electron chi connectivity index (χ1n) is 7.76. The van der Waals surface area contributed by atoms with Crippen molar-refractivity contribution in [2.24, 2.45) is 0 Å². The number of rotatable bonds is 5. The number of carbonyl (C=O) groups excluding carboxylic acids is 2. The van der Waals surface area contributed by atoms with Crippen molar-refractivity contribution in [1.29, 1.82) is 0 Å². The van der Waals surface area contributed by atoms with Crippen molar-refractivity contribution >= 4 is 11.8 Å². The van der Waals surface area contributed by atoms with E-state index in [-0.39, 0.29) is 17.9 Å². The van der Waals surface area contributed by atoms with Gasteiger partial charge in [-0.1, -0.05) is 0 Å². The molecule has 21 heavy (non-hydrogen) atoms. The maximum atomic E-state index is 12.1. The number of carbonyl (C=O) groups is 2. The summed E-state index contributed by atoms with van der Waals surface area (Å²) in [7, 11) is 0. The molecule has 2 aliphatic heterocycles. The summed E-state index contributed by atoms with van der Waals surface area (Å²) in [5, 5.41) is 6.14. The molecule has 2 aliphatic rings. The first-order valence-corrected chi connectivity index (χ1v) is 7.76. The highest BCUT2D eigenvalue weighted by Crippen LogP contribution is 2.02. The molecule has 2 fully saturated rings. The van der Waals surface area contributed by atoms with Crippen LogP contribution in [0.5, 0.6) is 0 Å². The van der Waals surface area contributed by atoms with Crippen LogP contribution in [0.15, 0.2) is 0 Å². The van der Waals surface area contributed by atoms with Crippen molar-refractivity contribution in [3.63, 3.8) is 0 Å². The largest absolute Gasteiger partial charge is 0.378 e. The molecule has 0 bridgehead atoms. The van der Waals surface area contributed by atoms with Gasteiger partial charge in [-0.25, -0.2) is 0 Å². The number of nitrogens with one attached hydrogen (secondary N) is 2. The molecule has 1 unspecified atom stereocenters. The maximum Gasteiger partial charge on any atom is 0.237 e. The lowest BCUT2D eigenvalue weighted by atomic mass is 10.2. The smallest absolute Gasteiger partial charge is 0.237 e. The zero-order valence-electron chi connectivity index (χ0n) is 12.8. The lowest BCUT2D eigenvalue weighted by Gasteiger charge is -2.32. The first-order chi connectivity index (χ1) is 10.2. The highest BCUT2D eigenvalue weighted by molar-refractivity contribution is 5.82. The van der Waals surface area contributed by atoms with Crippen LogP contribution in [0.4, 0.5) is 0 Å². The number of ether oxygens (including phenoxy) is 1. The Kier molecular flexibility index (Phi) is 6.41. The summed E-state index contributed by atoms with van der Waals surface area (Å²) >= 11 is 0. The third-order valence-corrected chi connectivity index (χ3v) is 4.08. The minimum Gasteiger partial charge on any atom is -0.378 e. The van der Waals surface area contributed by atoms with E-state index in [2.05, 4.69) is 15.5 Å². The van der Waals surface area contributed by atoms with Gasteiger partial charge >= 0.3 is 0 Å². The van der Waals surface area contributed by atoms with E-state index in [1.165, 1.54) is 0 Å². The second kappa shape index (κ2) is 8.31. The second-order valence-corrected chi connectivity index (χ2v) is 5.50. The minimum absolute atomic E-state index is 0.00618. The molecule has 0 aromatic rings. The van der Waals surface area contributed by atoms with E-state index < -0.39 is 0 Å². The summed E-state index contributed by atoms with van der Waals surface area (Å²) in [5.74, 6) is 0.0973. The predicted octanol–water partition coefficient (Wildman–Crippen LogP) is -1.35. The van der Waals surface area contributed by atoms with Crippen molar-refractivity contribution < 1.29 is 14.3 Å². The normalized spacial score (nSPS) is 21.9. The average molecular weight is 298 g/mol. The number of morpholine rings is 1. The minimum atomic E-state index is -0.134. The molecule has 7 nitrogen and oxygen atoms in total. The molecular weight excluding hydrogens is 272 g/mol. The van der Waals surface area contributed by atoms with Gasteiger partial charge in [0.25, 0.3) is 0 Å². The van der Waals surface area contributed by atoms with Gasteiger partial charge in [0.05, 0.1) is 19.3 Å². The molecule has 1 atom stereocenters. The predicted molar refractivity (Wildman–Crippen MR) is 78.9 cm³/mol. The number of piperazine rings is 1. The third-order valence-electron chi connectivity index (χ3n) is 4.08. The fourth-order valence-electron chi connectivity index (χ4n) is 2.65. The quantitative estimate of drug-likeness (QED) is 0.656. The van der Waals surface area contributed by atoms with Crippen LogP contribution < -0.4 is 10.6 Å². The number of hydrogen-bond donors (Lipinski definition) is 2. The summed E-state index contributed by atoms with van der Waals surface area (Å²) in [6.07, 6.45) is 0.361. The van der Waals surface area contributed by atoms with E-state index in [9.17, 15) is 9.59 Å². The van der Waals surface area contributed by atoms with Gasteiger partial charge in [0.1, 0.15) is 0 Å². The fraction of sp³-hybridized carbons (Fsp3) is 0.857. The van der Waals surface area contributed by atoms with E-state index in [1.807, 2.05) is 6.92 Å². The molecule has 2 rings (SSSR count). The molecule has 2 saturated heterocycles. The van der Waals surface area contributed by atoms with E-state index in [0.29, 0.717) is 39.3 Å². The van der Waals surface area contributed by atoms with Crippen LogP contribution in [-0.4, -0.2) is 86.7 Å². The molecule has 2 heterocycles. The van der Waals surface area contributed by atoms with E-state index in [0.717, 1.165) is 26.2 Å². The standard InChI is InChI=1S/C14H26N4O3/c1-12(17-6-4-15-5-7-17)14(20)16-3-2-13(19)18-8-10-21-11-9-18/h12,15H,2-11H2,1H3,(H,16,20). The molecule has 120 valence electrons. The first kappa shape index (κ1) is 16.2. The Bertz CT molecular complexity index is 352. The summed E-state index contributed by atoms with van der Waals surface area (Å²) in [4.78, 5) is 28.0. The Morgan fingerprint density at radius 1 is 1.19 bits per heavy atom. The van der Waals surface area contributed by atoms with Crippen molar-refractivity contribution in [2.45, 2.75) is 19.4 Å². The maximum absolute atomic E-state index is 12.1. The highest BCUT2D eigenvalue weighted by atomic mass is 16.5. The number of hydrogen-bond acceptors (Lipinski definition) is 5. The molecule has 0 aromatic heterocycles. The summed E-state index contributed by atoms with van der Waals surface area (Å²) in [6.45, 7) is 8.49. The molecule has 0 aliphatic carbocycles. The lowest BCUT2D eigenvalue weighted by Crippen LogP contribution is -2.53. The molecule has 0 spiro atoms. The van der Waals surface area contributed by atoms with E-state index in [1.54, 1.807) is 4.90 Å². The zero-order valence-corrected chi connectivity index (χ0v) is 12.8. The number of nitrogens with zero attached hydrogens (tertiary/aromatic N) is 2. The van der Waals surface area contributed by atoms with Gasteiger partial charge in [-0.05, 0) is 6.92 Å². The molecule has 0 aromatic carbocycles. The molecule has 2 N–H and O–H groups in total. The Balaban J connectivity index is 1.64. The summed E-state index contributed by atoms with van der Waals surface area (Å²) in [5.41, 5.74) is 0. The van der Waals surface area contributed by atoms with Gasteiger partial charge in [-0.15, -0.1) is 0 Å². The van der Waals surface area contributed by atoms with Crippen molar-refractivity contribution in [2.75, 3.05) is 59.0 Å². The van der Waals surface area contributed by atoms with Gasteiger partial charge in [0, 0.05) is 52.2 Å². The summed E-state index contributed by atoms with van der Waals surface area (Å²) < 4.78 is 5.22. The Hall–Kier alpha value is -1.18. The Labute approximate surface area is 126 Å². The molecular formula is C14H26N4O3. The van der Waals surface area contributed by atoms with Gasteiger partial charge in [0.15, 0.2) is 0 Å². The van der Waals surface area contributed by atoms with Crippen LogP contribution in [0.1, 0.15) is 13.3 Å². The van der Waals surface area contributed by atoms with E-state index in [4.69, 9.17) is 4.74 Å². The van der Waals surface area contributed by atoms with Crippen molar-refractivity contribution in [3.05, 3.63) is 0 Å². The zero-order chi connectivity index (χ0) is 15.1. The summed E-state index contributed by atoms with van der Waals surface area (Å²) in [6, 6.07) is -0.134. The van der Waals surface area contributed by atoms with Crippen LogP contribution in [0.2, 0.25) is 0 Å². The van der Waals surface area contributed by atoms with Gasteiger partial charge in [-0.2, -0.15) is 0 Å². The van der Waals surface area contributed by atoms with Crippen LogP contribution in [-0.2, 0) is 14.3 Å². The van der Waals surface area contributed by atoms with Crippen LogP contribution in [0.25, 0.3) is 0 Å². The monoisotopic (exact) mass is 298 g/mol. The number of amides is 2. The Morgan fingerprint density at radius 3 is 2.52 bits per heavy atom. The van der Waals surface area contributed by atoms with Gasteiger partial charge < -0.3 is 20.3 Å². The molecule has 0 saturated carbocycles. The third kappa shape index (κ3) is 4.94. The van der Waals surface area contributed by atoms with E-state index >= 15 is 0 Å². The highest BCUT2D eigenvalue weighted by Gasteiger charge is 2.23. The fourth-order valence-corrected chi connectivity index (χ4v) is 2.65. The SMILES string of the molecule is CC(C(=O)NCCC(=O)N1CCOCC1)N1CCNCC1. The average Bonchev–Trinajstić information content (AvgIpc) is 2.55. The van der Waals surface area contributed by atoms with Gasteiger partial charge in [0.2, 0.25) is 11.8 Å². The lowest BCUT2D eigenvalue weighted by molar-refractivity contribution is -0.135. The van der Waals surface area contributed by atoms with Crippen LogP contribution >= 0.6 is 0 Å². The topological polar surface area (TPSA) is 73.9 Å². The van der Waals surface area contributed by atoms with Crippen LogP contribution in [0.3, 0.4) is 0 Å². The molecule has 0 radical (unpaired) electrons. The van der Waals surface area contributed by atoms with Gasteiger partial charge in [-0.3, -0.25) is 14.5 Å². The molecule has 2 amide bonds. The molecule has 7 heteroatoms. The Morgan fingerprint density at radius 2 is 1.86 bits per heavy atom.